The Morgan fingerprint density at radius 1 is 1.50 bits per heavy atom. The zero-order chi connectivity index (χ0) is 13.5. The van der Waals surface area contributed by atoms with E-state index in [1.54, 1.807) is 0 Å². The summed E-state index contributed by atoms with van der Waals surface area (Å²) in [4.78, 5) is 10.5. The molecule has 1 aromatic carbocycles. The zero-order valence-corrected chi connectivity index (χ0v) is 11.5. The summed E-state index contributed by atoms with van der Waals surface area (Å²) in [6, 6.07) is 5.28. The molecule has 0 heterocycles. The number of nitrogens with two attached hydrogens (primary N) is 1. The highest BCUT2D eigenvalue weighted by Gasteiger charge is 2.10. The largest absolute Gasteiger partial charge is 0.492 e. The van der Waals surface area contributed by atoms with Crippen LogP contribution in [0.4, 0.5) is 0 Å². The van der Waals surface area contributed by atoms with Gasteiger partial charge in [0.25, 0.3) is 0 Å². The van der Waals surface area contributed by atoms with Crippen LogP contribution in [0.1, 0.15) is 11.1 Å². The topological polar surface area (TPSA) is 72.5 Å². The van der Waals surface area contributed by atoms with Crippen molar-refractivity contribution in [3.8, 4) is 5.75 Å². The SMILES string of the molecule is Cc1ccc(C)c(OCCSC[C@H](N)C(=O)O)c1. The first-order valence-electron chi connectivity index (χ1n) is 5.77. The quantitative estimate of drug-likeness (QED) is 0.739. The smallest absolute Gasteiger partial charge is 0.321 e. The van der Waals surface area contributed by atoms with E-state index in [1.807, 2.05) is 32.0 Å². The van der Waals surface area contributed by atoms with Crippen LogP contribution in [0.15, 0.2) is 18.2 Å². The van der Waals surface area contributed by atoms with Gasteiger partial charge in [0.15, 0.2) is 0 Å². The minimum absolute atomic E-state index is 0.408. The van der Waals surface area contributed by atoms with Crippen LogP contribution in [0.3, 0.4) is 0 Å². The van der Waals surface area contributed by atoms with Gasteiger partial charge < -0.3 is 15.6 Å². The van der Waals surface area contributed by atoms with E-state index in [4.69, 9.17) is 15.6 Å². The number of carbonyl (C=O) groups is 1. The van der Waals surface area contributed by atoms with E-state index in [2.05, 4.69) is 0 Å². The molecule has 0 aliphatic carbocycles. The Kier molecular flexibility index (Phi) is 6.01. The van der Waals surface area contributed by atoms with Crippen LogP contribution in [0.5, 0.6) is 5.75 Å². The summed E-state index contributed by atoms with van der Waals surface area (Å²) in [5.41, 5.74) is 7.66. The fourth-order valence-corrected chi connectivity index (χ4v) is 2.12. The van der Waals surface area contributed by atoms with Crippen molar-refractivity contribution >= 4 is 17.7 Å². The van der Waals surface area contributed by atoms with Gasteiger partial charge in [-0.15, -0.1) is 0 Å². The molecule has 1 atom stereocenters. The van der Waals surface area contributed by atoms with Gasteiger partial charge in [0.2, 0.25) is 0 Å². The average Bonchev–Trinajstić information content (AvgIpc) is 2.32. The second-order valence-electron chi connectivity index (χ2n) is 4.14. The van der Waals surface area contributed by atoms with E-state index in [-0.39, 0.29) is 0 Å². The molecule has 0 saturated heterocycles. The first kappa shape index (κ1) is 14.9. The lowest BCUT2D eigenvalue weighted by Gasteiger charge is -2.10. The van der Waals surface area contributed by atoms with E-state index < -0.39 is 12.0 Å². The number of rotatable bonds is 7. The molecule has 0 spiro atoms. The van der Waals surface area contributed by atoms with Gasteiger partial charge in [-0.25, -0.2) is 0 Å². The van der Waals surface area contributed by atoms with Crippen molar-refractivity contribution in [2.24, 2.45) is 5.73 Å². The molecule has 0 aliphatic heterocycles. The molecule has 4 nitrogen and oxygen atoms in total. The molecular weight excluding hydrogens is 250 g/mol. The summed E-state index contributed by atoms with van der Waals surface area (Å²) in [7, 11) is 0. The maximum atomic E-state index is 10.5. The molecule has 0 aromatic heterocycles. The summed E-state index contributed by atoms with van der Waals surface area (Å²) in [5, 5.41) is 8.61. The number of carboxylic acid groups (broad SMARTS) is 1. The van der Waals surface area contributed by atoms with Crippen molar-refractivity contribution in [2.45, 2.75) is 19.9 Å². The van der Waals surface area contributed by atoms with Gasteiger partial charge in [0, 0.05) is 11.5 Å². The highest BCUT2D eigenvalue weighted by Crippen LogP contribution is 2.19. The first-order chi connectivity index (χ1) is 8.50. The summed E-state index contributed by atoms with van der Waals surface area (Å²) in [6.07, 6.45) is 0. The number of benzene rings is 1. The van der Waals surface area contributed by atoms with Gasteiger partial charge in [-0.2, -0.15) is 11.8 Å². The highest BCUT2D eigenvalue weighted by molar-refractivity contribution is 7.99. The average molecular weight is 269 g/mol. The summed E-state index contributed by atoms with van der Waals surface area (Å²) < 4.78 is 5.65. The van der Waals surface area contributed by atoms with E-state index in [0.29, 0.717) is 12.4 Å². The van der Waals surface area contributed by atoms with Gasteiger partial charge in [0.05, 0.1) is 6.61 Å². The molecule has 0 amide bonds. The van der Waals surface area contributed by atoms with Gasteiger partial charge in [0.1, 0.15) is 11.8 Å². The Hall–Kier alpha value is -1.20. The zero-order valence-electron chi connectivity index (χ0n) is 10.7. The molecule has 18 heavy (non-hydrogen) atoms. The van der Waals surface area contributed by atoms with Crippen molar-refractivity contribution in [1.29, 1.82) is 0 Å². The Labute approximate surface area is 112 Å². The van der Waals surface area contributed by atoms with E-state index >= 15 is 0 Å². The monoisotopic (exact) mass is 269 g/mol. The van der Waals surface area contributed by atoms with Crippen molar-refractivity contribution in [3.05, 3.63) is 29.3 Å². The molecule has 0 unspecified atom stereocenters. The summed E-state index contributed by atoms with van der Waals surface area (Å²) in [6.45, 7) is 4.58. The van der Waals surface area contributed by atoms with Crippen molar-refractivity contribution in [3.63, 3.8) is 0 Å². The summed E-state index contributed by atoms with van der Waals surface area (Å²) >= 11 is 1.49. The summed E-state index contributed by atoms with van der Waals surface area (Å²) in [5.74, 6) is 1.07. The number of ether oxygens (including phenoxy) is 1. The molecular formula is C13H19NO3S. The van der Waals surface area contributed by atoms with Gasteiger partial charge >= 0.3 is 5.97 Å². The molecule has 1 rings (SSSR count). The van der Waals surface area contributed by atoms with E-state index in [1.165, 1.54) is 11.8 Å². The molecule has 5 heteroatoms. The molecule has 1 aromatic rings. The van der Waals surface area contributed by atoms with Crippen LogP contribution in [-0.4, -0.2) is 35.2 Å². The highest BCUT2D eigenvalue weighted by atomic mass is 32.2. The molecule has 0 bridgehead atoms. The van der Waals surface area contributed by atoms with E-state index in [9.17, 15) is 4.79 Å². The number of carboxylic acids is 1. The minimum atomic E-state index is -0.960. The third-order valence-corrected chi connectivity index (χ3v) is 3.49. The van der Waals surface area contributed by atoms with Crippen LogP contribution in [0, 0.1) is 13.8 Å². The normalized spacial score (nSPS) is 12.2. The minimum Gasteiger partial charge on any atom is -0.492 e. The van der Waals surface area contributed by atoms with Crippen LogP contribution >= 0.6 is 11.8 Å². The fourth-order valence-electron chi connectivity index (χ4n) is 1.35. The third kappa shape index (κ3) is 4.98. The molecule has 100 valence electrons. The Morgan fingerprint density at radius 3 is 2.89 bits per heavy atom. The standard InChI is InChI=1S/C13H19NO3S/c1-9-3-4-10(2)12(7-9)17-5-6-18-8-11(14)13(15)16/h3-4,7,11H,5-6,8,14H2,1-2H3,(H,15,16)/t11-/m0/s1. The lowest BCUT2D eigenvalue weighted by molar-refractivity contribution is -0.137. The second kappa shape index (κ2) is 7.28. The number of aliphatic carboxylic acids is 1. The van der Waals surface area contributed by atoms with Crippen molar-refractivity contribution in [1.82, 2.24) is 0 Å². The lowest BCUT2D eigenvalue weighted by atomic mass is 10.1. The van der Waals surface area contributed by atoms with Crippen LogP contribution < -0.4 is 10.5 Å². The number of hydrogen-bond acceptors (Lipinski definition) is 4. The maximum Gasteiger partial charge on any atom is 0.321 e. The van der Waals surface area contributed by atoms with Crippen molar-refractivity contribution < 1.29 is 14.6 Å². The molecule has 0 fully saturated rings. The second-order valence-corrected chi connectivity index (χ2v) is 5.29. The molecule has 0 saturated carbocycles. The predicted octanol–water partition coefficient (Wildman–Crippen LogP) is 1.83. The van der Waals surface area contributed by atoms with E-state index in [0.717, 1.165) is 22.6 Å². The van der Waals surface area contributed by atoms with Crippen LogP contribution in [0.25, 0.3) is 0 Å². The number of thioether (sulfide) groups is 1. The van der Waals surface area contributed by atoms with Gasteiger partial charge in [-0.05, 0) is 31.0 Å². The fraction of sp³-hybridized carbons (Fsp3) is 0.462. The Morgan fingerprint density at radius 2 is 2.22 bits per heavy atom. The first-order valence-corrected chi connectivity index (χ1v) is 6.92. The number of aryl methyl sites for hydroxylation is 2. The lowest BCUT2D eigenvalue weighted by Crippen LogP contribution is -2.32. The molecule has 3 N–H and O–H groups in total. The van der Waals surface area contributed by atoms with Crippen LogP contribution in [-0.2, 0) is 4.79 Å². The molecule has 0 aliphatic rings. The Bertz CT molecular complexity index is 409. The van der Waals surface area contributed by atoms with Crippen LogP contribution in [0.2, 0.25) is 0 Å². The Balaban J connectivity index is 2.26. The van der Waals surface area contributed by atoms with Gasteiger partial charge in [-0.1, -0.05) is 12.1 Å². The number of hydrogen-bond donors (Lipinski definition) is 2. The predicted molar refractivity (Wildman–Crippen MR) is 74.3 cm³/mol. The third-order valence-electron chi connectivity index (χ3n) is 2.44. The molecule has 0 radical (unpaired) electrons. The van der Waals surface area contributed by atoms with Crippen molar-refractivity contribution in [2.75, 3.05) is 18.1 Å². The van der Waals surface area contributed by atoms with Gasteiger partial charge in [-0.3, -0.25) is 4.79 Å². The maximum absolute atomic E-state index is 10.5.